The normalized spacial score (nSPS) is 21.2. The van der Waals surface area contributed by atoms with Gasteiger partial charge in [0, 0.05) is 0 Å². The molecule has 0 spiro atoms. The van der Waals surface area contributed by atoms with E-state index in [-0.39, 0.29) is 22.0 Å². The van der Waals surface area contributed by atoms with E-state index in [1.807, 2.05) is 97.9 Å². The van der Waals surface area contributed by atoms with Gasteiger partial charge in [0.1, 0.15) is 12.2 Å². The largest absolute Gasteiger partial charge is 0.394 e. The predicted octanol–water partition coefficient (Wildman–Crippen LogP) is 3.22. The Labute approximate surface area is 281 Å². The van der Waals surface area contributed by atoms with Crippen LogP contribution in [0.4, 0.5) is 5.95 Å². The van der Waals surface area contributed by atoms with Crippen molar-refractivity contribution in [3.63, 3.8) is 0 Å². The third-order valence-corrected chi connectivity index (χ3v) is 10.4. The molecule has 5 N–H and O–H groups in total. The highest BCUT2D eigenvalue weighted by Gasteiger charge is 2.70. The number of rotatable bonds is 9. The van der Waals surface area contributed by atoms with Crippen molar-refractivity contribution in [1.29, 1.82) is 0 Å². The van der Waals surface area contributed by atoms with E-state index in [9.17, 15) is 23.4 Å². The molecule has 49 heavy (non-hydrogen) atoms. The van der Waals surface area contributed by atoms with E-state index in [1.165, 1.54) is 23.0 Å². The number of benzene rings is 4. The van der Waals surface area contributed by atoms with Gasteiger partial charge in [-0.3, -0.25) is 18.5 Å². The third kappa shape index (κ3) is 5.05. The molecule has 1 aliphatic rings. The van der Waals surface area contributed by atoms with Crippen molar-refractivity contribution in [2.24, 2.45) is 0 Å². The number of nitrogen functional groups attached to an aromatic ring is 1. The second-order valence-electron chi connectivity index (χ2n) is 11.9. The number of ether oxygens (including phenoxy) is 1. The van der Waals surface area contributed by atoms with Crippen LogP contribution >= 0.6 is 0 Å². The highest BCUT2D eigenvalue weighted by Crippen LogP contribution is 2.58. The molecule has 1 saturated heterocycles. The summed E-state index contributed by atoms with van der Waals surface area (Å²) >= 11 is 0. The number of imidazole rings is 1. The molecular formula is C36H33N5O7S. The van der Waals surface area contributed by atoms with E-state index >= 15 is 0 Å². The second-order valence-corrected chi connectivity index (χ2v) is 13.5. The fourth-order valence-corrected chi connectivity index (χ4v) is 8.09. The van der Waals surface area contributed by atoms with Gasteiger partial charge in [0.15, 0.2) is 23.0 Å². The number of aliphatic hydroxyl groups excluding tert-OH is 2. The number of hydrogen-bond donors (Lipinski definition) is 4. The van der Waals surface area contributed by atoms with Crippen molar-refractivity contribution in [3.8, 4) is 0 Å². The molecule has 1 aliphatic heterocycles. The number of nitrogens with two attached hydrogens (primary N) is 1. The number of aryl methyl sites for hydroxylation is 1. The molecule has 6 aromatic rings. The van der Waals surface area contributed by atoms with E-state index in [0.29, 0.717) is 16.7 Å². The average Bonchev–Trinajstić information content (AvgIpc) is 3.66. The second kappa shape index (κ2) is 12.4. The lowest BCUT2D eigenvalue weighted by Gasteiger charge is -2.51. The predicted molar refractivity (Wildman–Crippen MR) is 181 cm³/mol. The fraction of sp³-hybridized carbons (Fsp3) is 0.194. The summed E-state index contributed by atoms with van der Waals surface area (Å²) in [6.07, 6.45) is -3.63. The number of nitrogens with one attached hydrogen (secondary N) is 1. The Bertz CT molecular complexity index is 2170. The van der Waals surface area contributed by atoms with Gasteiger partial charge in [0.05, 0.1) is 23.2 Å². The molecule has 0 unspecified atom stereocenters. The van der Waals surface area contributed by atoms with Crippen molar-refractivity contribution >= 4 is 27.2 Å². The Kier molecular flexibility index (Phi) is 8.17. The van der Waals surface area contributed by atoms with Gasteiger partial charge in [-0.2, -0.15) is 13.4 Å². The molecule has 0 aliphatic carbocycles. The van der Waals surface area contributed by atoms with Crippen LogP contribution in [0.2, 0.25) is 0 Å². The number of aliphatic hydroxyl groups is 2. The lowest BCUT2D eigenvalue weighted by atomic mass is 9.60. The van der Waals surface area contributed by atoms with Crippen LogP contribution < -0.4 is 11.3 Å². The first kappa shape index (κ1) is 32.4. The summed E-state index contributed by atoms with van der Waals surface area (Å²) in [5.41, 5.74) is 4.08. The van der Waals surface area contributed by atoms with Crippen molar-refractivity contribution in [2.75, 3.05) is 12.3 Å². The smallest absolute Gasteiger partial charge is 0.297 e. The summed E-state index contributed by atoms with van der Waals surface area (Å²) in [6, 6.07) is 33.6. The quantitative estimate of drug-likeness (QED) is 0.131. The standard InChI is InChI=1S/C36H33N5O7S/c1-23-17-19-27(20-18-23)49(45,46)48-31-30(43)28(21-42)47-36(31,41-22-38-29-32(41)39-34(37)40-33(29)44)35(24-11-5-2-6-12-24,25-13-7-3-8-14-25)26-15-9-4-10-16-26/h2-20,22,28,30-31,42-43H,21H2,1H3,(H3,37,39,40,44)/t28-,30-,31-,36+/m1/s1. The molecule has 0 amide bonds. The third-order valence-electron chi connectivity index (χ3n) is 9.07. The van der Waals surface area contributed by atoms with E-state index in [0.717, 1.165) is 5.56 Å². The molecule has 0 radical (unpaired) electrons. The highest BCUT2D eigenvalue weighted by atomic mass is 32.2. The van der Waals surface area contributed by atoms with Crippen LogP contribution in [-0.4, -0.2) is 63.1 Å². The average molecular weight is 680 g/mol. The maximum atomic E-state index is 14.2. The molecule has 13 heteroatoms. The van der Waals surface area contributed by atoms with Crippen LogP contribution in [0.15, 0.2) is 131 Å². The van der Waals surface area contributed by atoms with Gasteiger partial charge in [-0.1, -0.05) is 109 Å². The maximum absolute atomic E-state index is 14.2. The van der Waals surface area contributed by atoms with Crippen molar-refractivity contribution in [2.45, 2.75) is 41.3 Å². The topological polar surface area (TPSA) is 183 Å². The van der Waals surface area contributed by atoms with Crippen LogP contribution in [0.25, 0.3) is 11.2 Å². The van der Waals surface area contributed by atoms with Crippen molar-refractivity contribution in [3.05, 3.63) is 154 Å². The Balaban J connectivity index is 1.68. The SMILES string of the molecule is Cc1ccc(S(=O)(=O)O[C@@H]2[C@H](O)[C@@H](CO)O[C@]2(n2cnc3c(=O)[nH]c(N)nc32)C(c2ccccc2)(c2ccccc2)c2ccccc2)cc1. The molecule has 1 fully saturated rings. The summed E-state index contributed by atoms with van der Waals surface area (Å²) in [5.74, 6) is -0.235. The minimum absolute atomic E-state index is 0.0689. The van der Waals surface area contributed by atoms with Crippen LogP contribution in [0.5, 0.6) is 0 Å². The van der Waals surface area contributed by atoms with Gasteiger partial charge in [-0.25, -0.2) is 4.98 Å². The van der Waals surface area contributed by atoms with Gasteiger partial charge < -0.3 is 20.7 Å². The Morgan fingerprint density at radius 3 is 1.96 bits per heavy atom. The molecule has 0 bridgehead atoms. The molecule has 0 saturated carbocycles. The molecule has 7 rings (SSSR count). The first-order valence-electron chi connectivity index (χ1n) is 15.5. The van der Waals surface area contributed by atoms with Crippen molar-refractivity contribution in [1.82, 2.24) is 19.5 Å². The summed E-state index contributed by atoms with van der Waals surface area (Å²) in [7, 11) is -4.63. The molecule has 2 aromatic heterocycles. The number of aromatic amines is 1. The summed E-state index contributed by atoms with van der Waals surface area (Å²) in [4.78, 5) is 24.3. The Morgan fingerprint density at radius 2 is 1.45 bits per heavy atom. The first-order chi connectivity index (χ1) is 23.6. The van der Waals surface area contributed by atoms with E-state index in [1.54, 1.807) is 12.1 Å². The monoisotopic (exact) mass is 679 g/mol. The Morgan fingerprint density at radius 1 is 0.918 bits per heavy atom. The number of aromatic nitrogens is 4. The van der Waals surface area contributed by atoms with E-state index < -0.39 is 51.7 Å². The molecule has 4 atom stereocenters. The lowest BCUT2D eigenvalue weighted by molar-refractivity contribution is -0.169. The first-order valence-corrected chi connectivity index (χ1v) is 16.9. The van der Waals surface area contributed by atoms with Gasteiger partial charge in [0.25, 0.3) is 15.7 Å². The van der Waals surface area contributed by atoms with Gasteiger partial charge in [-0.15, -0.1) is 0 Å². The Hall–Kier alpha value is -5.18. The minimum atomic E-state index is -4.63. The van der Waals surface area contributed by atoms with E-state index in [2.05, 4.69) is 15.0 Å². The highest BCUT2D eigenvalue weighted by molar-refractivity contribution is 7.86. The van der Waals surface area contributed by atoms with Crippen molar-refractivity contribution < 1.29 is 27.6 Å². The van der Waals surface area contributed by atoms with Gasteiger partial charge >= 0.3 is 0 Å². The van der Waals surface area contributed by atoms with E-state index in [4.69, 9.17) is 14.7 Å². The molecule has 12 nitrogen and oxygen atoms in total. The molecule has 4 aromatic carbocycles. The molecular weight excluding hydrogens is 646 g/mol. The number of fused-ring (bicyclic) bond motifs is 1. The van der Waals surface area contributed by atoms with Crippen LogP contribution in [0, 0.1) is 6.92 Å². The number of H-pyrrole nitrogens is 1. The van der Waals surface area contributed by atoms with Crippen LogP contribution in [-0.2, 0) is 30.2 Å². The molecule has 3 heterocycles. The molecule has 250 valence electrons. The van der Waals surface area contributed by atoms with Crippen LogP contribution in [0.1, 0.15) is 22.3 Å². The lowest BCUT2D eigenvalue weighted by Crippen LogP contribution is -2.62. The zero-order chi connectivity index (χ0) is 34.4. The number of anilines is 1. The summed E-state index contributed by atoms with van der Waals surface area (Å²) < 4.78 is 43.0. The zero-order valence-corrected chi connectivity index (χ0v) is 27.1. The maximum Gasteiger partial charge on any atom is 0.297 e. The van der Waals surface area contributed by atoms with Crippen LogP contribution in [0.3, 0.4) is 0 Å². The zero-order valence-electron chi connectivity index (χ0n) is 26.2. The van der Waals surface area contributed by atoms with Gasteiger partial charge in [0.2, 0.25) is 5.95 Å². The summed E-state index contributed by atoms with van der Waals surface area (Å²) in [5, 5.41) is 22.8. The summed E-state index contributed by atoms with van der Waals surface area (Å²) in [6.45, 7) is 1.10. The minimum Gasteiger partial charge on any atom is -0.394 e. The number of hydrogen-bond acceptors (Lipinski definition) is 10. The number of nitrogens with zero attached hydrogens (tertiary/aromatic N) is 3. The van der Waals surface area contributed by atoms with Gasteiger partial charge in [-0.05, 0) is 35.7 Å². The fourth-order valence-electron chi connectivity index (χ4n) is 6.99.